The normalized spacial score (nSPS) is 23.3. The van der Waals surface area contributed by atoms with Crippen LogP contribution in [0, 0.1) is 0 Å². The lowest BCUT2D eigenvalue weighted by atomic mass is 10.1. The second-order valence-electron chi connectivity index (χ2n) is 6.49. The average molecular weight is 299 g/mol. The van der Waals surface area contributed by atoms with Crippen molar-refractivity contribution in [2.75, 3.05) is 19.6 Å². The third kappa shape index (κ3) is 9.86. The Kier molecular flexibility index (Phi) is 9.68. The van der Waals surface area contributed by atoms with E-state index < -0.39 is 5.97 Å². The Hall–Kier alpha value is -0.610. The van der Waals surface area contributed by atoms with Crippen molar-refractivity contribution in [3.05, 3.63) is 0 Å². The van der Waals surface area contributed by atoms with Crippen LogP contribution in [0.4, 0.5) is 0 Å². The van der Waals surface area contributed by atoms with E-state index in [9.17, 15) is 4.79 Å². The molecule has 0 aromatic rings. The van der Waals surface area contributed by atoms with E-state index in [2.05, 4.69) is 18.7 Å². The number of carboxylic acid groups (broad SMARTS) is 1. The smallest absolute Gasteiger partial charge is 0.303 e. The fourth-order valence-electron chi connectivity index (χ4n) is 3.14. The maximum atomic E-state index is 10.4. The zero-order valence-corrected chi connectivity index (χ0v) is 13.9. The highest BCUT2D eigenvalue weighted by atomic mass is 16.5. The molecule has 2 atom stereocenters. The van der Waals surface area contributed by atoms with Gasteiger partial charge >= 0.3 is 5.97 Å². The molecule has 2 unspecified atom stereocenters. The van der Waals surface area contributed by atoms with Gasteiger partial charge in [-0.1, -0.05) is 38.5 Å². The Morgan fingerprint density at radius 1 is 0.952 bits per heavy atom. The molecule has 21 heavy (non-hydrogen) atoms. The fourth-order valence-corrected chi connectivity index (χ4v) is 3.14. The minimum absolute atomic E-state index is 0.330. The van der Waals surface area contributed by atoms with Gasteiger partial charge in [0.1, 0.15) is 0 Å². The molecule has 1 N–H and O–H groups in total. The first-order chi connectivity index (χ1) is 10.1. The molecule has 1 saturated heterocycles. The van der Waals surface area contributed by atoms with Crippen LogP contribution in [0.5, 0.6) is 0 Å². The summed E-state index contributed by atoms with van der Waals surface area (Å²) in [6.07, 6.45) is 10.6. The van der Waals surface area contributed by atoms with Gasteiger partial charge in [-0.15, -0.1) is 0 Å². The van der Waals surface area contributed by atoms with Crippen LogP contribution < -0.4 is 0 Å². The number of morpholine rings is 1. The largest absolute Gasteiger partial charge is 0.481 e. The van der Waals surface area contributed by atoms with Crippen molar-refractivity contribution in [1.82, 2.24) is 4.90 Å². The van der Waals surface area contributed by atoms with Crippen LogP contribution in [0.1, 0.15) is 71.6 Å². The second-order valence-corrected chi connectivity index (χ2v) is 6.49. The van der Waals surface area contributed by atoms with Crippen molar-refractivity contribution in [2.24, 2.45) is 0 Å². The Morgan fingerprint density at radius 3 is 1.95 bits per heavy atom. The molecule has 0 saturated carbocycles. The number of aliphatic carboxylic acids is 1. The minimum atomic E-state index is -0.665. The van der Waals surface area contributed by atoms with Gasteiger partial charge in [-0.2, -0.15) is 0 Å². The van der Waals surface area contributed by atoms with E-state index in [1.807, 2.05) is 0 Å². The van der Waals surface area contributed by atoms with Crippen LogP contribution in [0.3, 0.4) is 0 Å². The standard InChI is InChI=1S/C17H33NO3/c1-15-13-18(14-16(2)21-15)12-10-8-6-4-3-5-7-9-11-17(19)20/h15-16H,3-14H2,1-2H3,(H,19,20). The number of ether oxygens (including phenoxy) is 1. The number of hydrogen-bond acceptors (Lipinski definition) is 3. The molecule has 0 aromatic carbocycles. The van der Waals surface area contributed by atoms with E-state index in [1.54, 1.807) is 0 Å². The van der Waals surface area contributed by atoms with Crippen molar-refractivity contribution in [1.29, 1.82) is 0 Å². The van der Waals surface area contributed by atoms with E-state index in [0.717, 1.165) is 25.9 Å². The maximum absolute atomic E-state index is 10.4. The first-order valence-electron chi connectivity index (χ1n) is 8.67. The summed E-state index contributed by atoms with van der Waals surface area (Å²) < 4.78 is 5.74. The van der Waals surface area contributed by atoms with E-state index in [4.69, 9.17) is 9.84 Å². The predicted molar refractivity (Wildman–Crippen MR) is 85.6 cm³/mol. The van der Waals surface area contributed by atoms with Crippen molar-refractivity contribution in [3.63, 3.8) is 0 Å². The van der Waals surface area contributed by atoms with Crippen LogP contribution >= 0.6 is 0 Å². The fraction of sp³-hybridized carbons (Fsp3) is 0.941. The van der Waals surface area contributed by atoms with Crippen LogP contribution in [-0.4, -0.2) is 47.8 Å². The summed E-state index contributed by atoms with van der Waals surface area (Å²) in [6, 6.07) is 0. The quantitative estimate of drug-likeness (QED) is 0.591. The molecular formula is C17H33NO3. The third-order valence-electron chi connectivity index (χ3n) is 4.11. The summed E-state index contributed by atoms with van der Waals surface area (Å²) in [7, 11) is 0. The second kappa shape index (κ2) is 11.0. The Labute approximate surface area is 129 Å². The van der Waals surface area contributed by atoms with Gasteiger partial charge in [0.25, 0.3) is 0 Å². The van der Waals surface area contributed by atoms with Gasteiger partial charge in [-0.05, 0) is 33.2 Å². The zero-order chi connectivity index (χ0) is 15.5. The lowest BCUT2D eigenvalue weighted by molar-refractivity contribution is -0.137. The monoisotopic (exact) mass is 299 g/mol. The molecule has 0 aromatic heterocycles. The maximum Gasteiger partial charge on any atom is 0.303 e. The molecule has 1 aliphatic heterocycles. The summed E-state index contributed by atoms with van der Waals surface area (Å²) in [5, 5.41) is 8.54. The van der Waals surface area contributed by atoms with Gasteiger partial charge in [-0.25, -0.2) is 0 Å². The molecule has 1 aliphatic rings. The molecule has 0 amide bonds. The molecule has 4 nitrogen and oxygen atoms in total. The summed E-state index contributed by atoms with van der Waals surface area (Å²) in [6.45, 7) is 7.68. The van der Waals surface area contributed by atoms with Gasteiger partial charge in [0, 0.05) is 19.5 Å². The van der Waals surface area contributed by atoms with Crippen molar-refractivity contribution in [2.45, 2.75) is 83.8 Å². The van der Waals surface area contributed by atoms with Crippen LogP contribution in [0.25, 0.3) is 0 Å². The number of rotatable bonds is 11. The highest BCUT2D eigenvalue weighted by molar-refractivity contribution is 5.66. The van der Waals surface area contributed by atoms with E-state index in [1.165, 1.54) is 45.1 Å². The molecule has 0 bridgehead atoms. The zero-order valence-electron chi connectivity index (χ0n) is 13.9. The molecule has 124 valence electrons. The number of nitrogens with zero attached hydrogens (tertiary/aromatic N) is 1. The summed E-state index contributed by atoms with van der Waals surface area (Å²) in [5.41, 5.74) is 0. The topological polar surface area (TPSA) is 49.8 Å². The number of unbranched alkanes of at least 4 members (excludes halogenated alkanes) is 7. The molecule has 0 radical (unpaired) electrons. The van der Waals surface area contributed by atoms with E-state index in [-0.39, 0.29) is 0 Å². The number of carbonyl (C=O) groups is 1. The van der Waals surface area contributed by atoms with Gasteiger partial charge in [0.05, 0.1) is 12.2 Å². The van der Waals surface area contributed by atoms with Crippen molar-refractivity contribution >= 4 is 5.97 Å². The molecular weight excluding hydrogens is 266 g/mol. The minimum Gasteiger partial charge on any atom is -0.481 e. The Balaban J connectivity index is 1.85. The average Bonchev–Trinajstić information content (AvgIpc) is 2.39. The number of hydrogen-bond donors (Lipinski definition) is 1. The molecule has 4 heteroatoms. The van der Waals surface area contributed by atoms with Crippen LogP contribution in [0.2, 0.25) is 0 Å². The summed E-state index contributed by atoms with van der Waals surface area (Å²) >= 11 is 0. The van der Waals surface area contributed by atoms with Crippen LogP contribution in [-0.2, 0) is 9.53 Å². The number of carboxylic acids is 1. The summed E-state index contributed by atoms with van der Waals surface area (Å²) in [4.78, 5) is 12.9. The molecule has 1 fully saturated rings. The molecule has 0 aliphatic carbocycles. The van der Waals surface area contributed by atoms with Gasteiger partial charge < -0.3 is 9.84 Å². The third-order valence-corrected chi connectivity index (χ3v) is 4.11. The Morgan fingerprint density at radius 2 is 1.43 bits per heavy atom. The van der Waals surface area contributed by atoms with E-state index in [0.29, 0.717) is 18.6 Å². The van der Waals surface area contributed by atoms with Gasteiger partial charge in [0.2, 0.25) is 0 Å². The molecule has 1 rings (SSSR count). The van der Waals surface area contributed by atoms with E-state index >= 15 is 0 Å². The van der Waals surface area contributed by atoms with Crippen LogP contribution in [0.15, 0.2) is 0 Å². The summed E-state index contributed by atoms with van der Waals surface area (Å²) in [5.74, 6) is -0.665. The lowest BCUT2D eigenvalue weighted by Gasteiger charge is -2.35. The first-order valence-corrected chi connectivity index (χ1v) is 8.67. The first kappa shape index (κ1) is 18.4. The van der Waals surface area contributed by atoms with Crippen molar-refractivity contribution in [3.8, 4) is 0 Å². The highest BCUT2D eigenvalue weighted by Gasteiger charge is 2.21. The molecule has 0 spiro atoms. The lowest BCUT2D eigenvalue weighted by Crippen LogP contribution is -2.45. The SMILES string of the molecule is CC1CN(CCCCCCCCCCC(=O)O)CC(C)O1. The highest BCUT2D eigenvalue weighted by Crippen LogP contribution is 2.13. The van der Waals surface area contributed by atoms with Crippen molar-refractivity contribution < 1.29 is 14.6 Å². The Bertz CT molecular complexity index is 273. The van der Waals surface area contributed by atoms with Gasteiger partial charge in [-0.3, -0.25) is 9.69 Å². The molecule has 1 heterocycles. The predicted octanol–water partition coefficient (Wildman–Crippen LogP) is 3.69. The van der Waals surface area contributed by atoms with Gasteiger partial charge in [0.15, 0.2) is 0 Å².